The van der Waals surface area contributed by atoms with E-state index in [1.807, 2.05) is 34.6 Å². The molecule has 108 valence electrons. The van der Waals surface area contributed by atoms with Crippen LogP contribution in [0.15, 0.2) is 0 Å². The largest absolute Gasteiger partial charge is 0.479 e. The van der Waals surface area contributed by atoms with Crippen LogP contribution in [-0.4, -0.2) is 22.3 Å². The van der Waals surface area contributed by atoms with Crippen molar-refractivity contribution in [2.45, 2.75) is 84.3 Å². The Morgan fingerprint density at radius 3 is 1.72 bits per heavy atom. The third-order valence-electron chi connectivity index (χ3n) is 2.71. The number of hydrogen-bond donors (Lipinski definition) is 1. The first-order valence-electron chi connectivity index (χ1n) is 6.87. The number of hydrogen-bond acceptors (Lipinski definition) is 3. The van der Waals surface area contributed by atoms with Gasteiger partial charge in [-0.15, -0.1) is 0 Å². The molecule has 0 saturated heterocycles. The van der Waals surface area contributed by atoms with Crippen LogP contribution in [0.1, 0.15) is 73.1 Å². The lowest BCUT2D eigenvalue weighted by atomic mass is 9.91. The number of carboxylic acids is 1. The zero-order valence-electron chi connectivity index (χ0n) is 12.4. The molecule has 0 bridgehead atoms. The van der Waals surface area contributed by atoms with Crippen molar-refractivity contribution in [2.24, 2.45) is 0 Å². The summed E-state index contributed by atoms with van der Waals surface area (Å²) in [5.41, 5.74) is -1.70. The second-order valence-corrected chi connectivity index (χ2v) is 5.79. The lowest BCUT2D eigenvalue weighted by Crippen LogP contribution is -2.43. The van der Waals surface area contributed by atoms with Gasteiger partial charge in [0.2, 0.25) is 0 Å². The molecule has 18 heavy (non-hydrogen) atoms. The number of carboxylic acid groups (broad SMARTS) is 1. The molecule has 4 nitrogen and oxygen atoms in total. The van der Waals surface area contributed by atoms with E-state index >= 15 is 0 Å². The van der Waals surface area contributed by atoms with E-state index in [4.69, 9.17) is 9.78 Å². The lowest BCUT2D eigenvalue weighted by molar-refractivity contribution is -0.399. The first-order chi connectivity index (χ1) is 8.27. The fourth-order valence-corrected chi connectivity index (χ4v) is 1.59. The van der Waals surface area contributed by atoms with E-state index in [0.717, 1.165) is 25.7 Å². The SMILES string of the molecule is CCCCC(CCCC)(OOC(C)(C)C)C(=O)O. The van der Waals surface area contributed by atoms with E-state index in [-0.39, 0.29) is 0 Å². The number of carbonyl (C=O) groups is 1. The summed E-state index contributed by atoms with van der Waals surface area (Å²) in [6, 6.07) is 0. The molecule has 0 fully saturated rings. The second-order valence-electron chi connectivity index (χ2n) is 5.79. The molecule has 4 heteroatoms. The van der Waals surface area contributed by atoms with E-state index in [2.05, 4.69) is 0 Å². The van der Waals surface area contributed by atoms with Crippen molar-refractivity contribution < 1.29 is 19.7 Å². The smallest absolute Gasteiger partial charge is 0.339 e. The van der Waals surface area contributed by atoms with Crippen molar-refractivity contribution in [1.82, 2.24) is 0 Å². The minimum absolute atomic E-state index is 0.495. The van der Waals surface area contributed by atoms with Crippen LogP contribution in [-0.2, 0) is 14.6 Å². The molecular weight excluding hydrogens is 232 g/mol. The maximum Gasteiger partial charge on any atom is 0.339 e. The number of unbranched alkanes of at least 4 members (excludes halogenated alkanes) is 2. The summed E-state index contributed by atoms with van der Waals surface area (Å²) in [6.07, 6.45) is 4.52. The minimum atomic E-state index is -1.20. The average Bonchev–Trinajstić information content (AvgIpc) is 2.27. The molecule has 0 spiro atoms. The van der Waals surface area contributed by atoms with Crippen molar-refractivity contribution in [3.05, 3.63) is 0 Å². The van der Waals surface area contributed by atoms with E-state index in [9.17, 15) is 9.90 Å². The third kappa shape index (κ3) is 6.36. The highest BCUT2D eigenvalue weighted by Gasteiger charge is 2.41. The van der Waals surface area contributed by atoms with Crippen molar-refractivity contribution in [3.8, 4) is 0 Å². The Balaban J connectivity index is 4.76. The summed E-state index contributed by atoms with van der Waals surface area (Å²) in [4.78, 5) is 22.2. The Labute approximate surface area is 111 Å². The van der Waals surface area contributed by atoms with Gasteiger partial charge in [-0.05, 0) is 33.6 Å². The third-order valence-corrected chi connectivity index (χ3v) is 2.71. The molecule has 0 saturated carbocycles. The molecule has 0 radical (unpaired) electrons. The predicted octanol–water partition coefficient (Wildman–Crippen LogP) is 3.94. The molecule has 0 aromatic carbocycles. The van der Waals surface area contributed by atoms with E-state index in [1.54, 1.807) is 0 Å². The summed E-state index contributed by atoms with van der Waals surface area (Å²) in [7, 11) is 0. The van der Waals surface area contributed by atoms with Gasteiger partial charge in [-0.1, -0.05) is 39.5 Å². The number of rotatable bonds is 9. The minimum Gasteiger partial charge on any atom is -0.479 e. The zero-order chi connectivity index (χ0) is 14.2. The number of aliphatic carboxylic acids is 1. The maximum atomic E-state index is 11.5. The van der Waals surface area contributed by atoms with Gasteiger partial charge in [-0.2, -0.15) is 0 Å². The topological polar surface area (TPSA) is 55.8 Å². The summed E-state index contributed by atoms with van der Waals surface area (Å²) in [6.45, 7) is 9.62. The molecule has 0 atom stereocenters. The summed E-state index contributed by atoms with van der Waals surface area (Å²) in [5.74, 6) is -0.923. The maximum absolute atomic E-state index is 11.5. The fourth-order valence-electron chi connectivity index (χ4n) is 1.59. The Morgan fingerprint density at radius 2 is 1.44 bits per heavy atom. The van der Waals surface area contributed by atoms with Crippen molar-refractivity contribution in [1.29, 1.82) is 0 Å². The van der Waals surface area contributed by atoms with Crippen molar-refractivity contribution in [3.63, 3.8) is 0 Å². The van der Waals surface area contributed by atoms with Crippen molar-refractivity contribution in [2.75, 3.05) is 0 Å². The van der Waals surface area contributed by atoms with E-state index in [0.29, 0.717) is 12.8 Å². The molecule has 1 N–H and O–H groups in total. The Morgan fingerprint density at radius 1 is 1.00 bits per heavy atom. The van der Waals surface area contributed by atoms with Gasteiger partial charge in [0.25, 0.3) is 0 Å². The molecule has 0 aromatic heterocycles. The van der Waals surface area contributed by atoms with Crippen LogP contribution in [0.25, 0.3) is 0 Å². The van der Waals surface area contributed by atoms with Gasteiger partial charge in [0.05, 0.1) is 5.60 Å². The first kappa shape index (κ1) is 17.4. The van der Waals surface area contributed by atoms with Crippen LogP contribution in [0.3, 0.4) is 0 Å². The normalized spacial score (nSPS) is 12.7. The summed E-state index contributed by atoms with van der Waals surface area (Å²) in [5, 5.41) is 9.47. The second kappa shape index (κ2) is 7.74. The average molecular weight is 260 g/mol. The van der Waals surface area contributed by atoms with Gasteiger partial charge in [0.15, 0.2) is 5.60 Å². The Kier molecular flexibility index (Phi) is 7.48. The Bertz CT molecular complexity index is 235. The van der Waals surface area contributed by atoms with Gasteiger partial charge >= 0.3 is 5.97 Å². The highest BCUT2D eigenvalue weighted by atomic mass is 17.2. The standard InChI is InChI=1S/C14H28O4/c1-6-8-10-14(12(15)16,11-9-7-2)18-17-13(3,4)5/h6-11H2,1-5H3,(H,15,16). The molecule has 0 aromatic rings. The highest BCUT2D eigenvalue weighted by molar-refractivity contribution is 5.77. The molecular formula is C14H28O4. The molecule has 0 rings (SSSR count). The van der Waals surface area contributed by atoms with Gasteiger partial charge in [-0.3, -0.25) is 0 Å². The van der Waals surface area contributed by atoms with E-state index < -0.39 is 17.2 Å². The van der Waals surface area contributed by atoms with Crippen LogP contribution in [0.5, 0.6) is 0 Å². The Hall–Kier alpha value is -0.610. The van der Waals surface area contributed by atoms with Crippen molar-refractivity contribution >= 4 is 5.97 Å². The van der Waals surface area contributed by atoms with Crippen LogP contribution in [0.2, 0.25) is 0 Å². The monoisotopic (exact) mass is 260 g/mol. The molecule has 0 aliphatic carbocycles. The van der Waals surface area contributed by atoms with Crippen LogP contribution in [0, 0.1) is 0 Å². The lowest BCUT2D eigenvalue weighted by Gasteiger charge is -2.31. The quantitative estimate of drug-likeness (QED) is 0.504. The van der Waals surface area contributed by atoms with Gasteiger partial charge < -0.3 is 5.11 Å². The van der Waals surface area contributed by atoms with Gasteiger partial charge in [-0.25, -0.2) is 14.6 Å². The molecule has 0 unspecified atom stereocenters. The fraction of sp³-hybridized carbons (Fsp3) is 0.929. The van der Waals surface area contributed by atoms with Crippen LogP contribution in [0.4, 0.5) is 0 Å². The van der Waals surface area contributed by atoms with Crippen LogP contribution < -0.4 is 0 Å². The summed E-state index contributed by atoms with van der Waals surface area (Å²) >= 11 is 0. The van der Waals surface area contributed by atoms with Gasteiger partial charge in [0.1, 0.15) is 0 Å². The molecule has 0 heterocycles. The van der Waals surface area contributed by atoms with Crippen LogP contribution >= 0.6 is 0 Å². The molecule has 0 amide bonds. The highest BCUT2D eigenvalue weighted by Crippen LogP contribution is 2.28. The molecule has 0 aliphatic rings. The first-order valence-corrected chi connectivity index (χ1v) is 6.87. The summed E-state index contributed by atoms with van der Waals surface area (Å²) < 4.78 is 0. The molecule has 0 aliphatic heterocycles. The van der Waals surface area contributed by atoms with Gasteiger partial charge in [0, 0.05) is 0 Å². The predicted molar refractivity (Wildman–Crippen MR) is 71.3 cm³/mol. The van der Waals surface area contributed by atoms with E-state index in [1.165, 1.54) is 0 Å². The zero-order valence-corrected chi connectivity index (χ0v) is 12.4.